The molecule has 1 atom stereocenters. The van der Waals surface area contributed by atoms with Crippen molar-refractivity contribution in [3.05, 3.63) is 59.4 Å². The largest absolute Gasteiger partial charge is 0.497 e. The summed E-state index contributed by atoms with van der Waals surface area (Å²) in [6.45, 7) is 1.96. The lowest BCUT2D eigenvalue weighted by Crippen LogP contribution is -2.37. The third-order valence-corrected chi connectivity index (χ3v) is 4.31. The van der Waals surface area contributed by atoms with E-state index < -0.39 is 6.10 Å². The normalized spacial score (nSPS) is 11.7. The van der Waals surface area contributed by atoms with E-state index in [0.29, 0.717) is 34.3 Å². The van der Waals surface area contributed by atoms with Crippen LogP contribution in [0.15, 0.2) is 53.1 Å². The fourth-order valence-electron chi connectivity index (χ4n) is 2.52. The summed E-state index contributed by atoms with van der Waals surface area (Å²) < 4.78 is 16.1. The third kappa shape index (κ3) is 4.80. The minimum atomic E-state index is -0.655. The molecule has 2 aromatic carbocycles. The van der Waals surface area contributed by atoms with E-state index >= 15 is 0 Å². The molecule has 0 saturated heterocycles. The number of halogens is 1. The Hall–Kier alpha value is -3.06. The van der Waals surface area contributed by atoms with Crippen LogP contribution in [0.25, 0.3) is 11.4 Å². The fourth-order valence-corrected chi connectivity index (χ4v) is 2.74. The number of ether oxygens (including phenoxy) is 2. The van der Waals surface area contributed by atoms with Gasteiger partial charge in [0.05, 0.1) is 18.7 Å². The number of nitrogens with zero attached hydrogens (tertiary/aromatic N) is 2. The van der Waals surface area contributed by atoms with Crippen LogP contribution in [0.1, 0.15) is 19.2 Å². The fraction of sp³-hybridized carbons (Fsp3) is 0.250. The maximum atomic E-state index is 12.5. The second-order valence-corrected chi connectivity index (χ2v) is 6.31. The first-order chi connectivity index (χ1) is 13.6. The van der Waals surface area contributed by atoms with Crippen molar-refractivity contribution in [3.8, 4) is 22.9 Å². The van der Waals surface area contributed by atoms with Crippen LogP contribution in [0.3, 0.4) is 0 Å². The number of nitrogens with one attached hydrogen (secondary N) is 1. The number of aromatic nitrogens is 2. The molecule has 0 radical (unpaired) electrons. The topological polar surface area (TPSA) is 86.5 Å². The van der Waals surface area contributed by atoms with Gasteiger partial charge in [-0.2, -0.15) is 4.98 Å². The number of hydrogen-bond donors (Lipinski definition) is 1. The van der Waals surface area contributed by atoms with Gasteiger partial charge in [0.2, 0.25) is 11.7 Å². The van der Waals surface area contributed by atoms with E-state index in [2.05, 4.69) is 15.5 Å². The van der Waals surface area contributed by atoms with Crippen molar-refractivity contribution < 1.29 is 18.8 Å². The van der Waals surface area contributed by atoms with Crippen LogP contribution in [0.4, 0.5) is 0 Å². The van der Waals surface area contributed by atoms with Gasteiger partial charge in [-0.3, -0.25) is 4.79 Å². The molecule has 1 aromatic heterocycles. The maximum absolute atomic E-state index is 12.5. The molecule has 0 aliphatic rings. The zero-order valence-electron chi connectivity index (χ0n) is 15.5. The van der Waals surface area contributed by atoms with Crippen molar-refractivity contribution in [2.75, 3.05) is 7.11 Å². The van der Waals surface area contributed by atoms with E-state index in [9.17, 15) is 4.79 Å². The highest BCUT2D eigenvalue weighted by atomic mass is 35.5. The van der Waals surface area contributed by atoms with E-state index in [1.807, 2.05) is 19.1 Å². The number of benzene rings is 2. The number of hydrogen-bond acceptors (Lipinski definition) is 6. The van der Waals surface area contributed by atoms with Crippen molar-refractivity contribution in [3.63, 3.8) is 0 Å². The van der Waals surface area contributed by atoms with Gasteiger partial charge in [0, 0.05) is 11.6 Å². The Kier molecular flexibility index (Phi) is 6.49. The molecule has 1 heterocycles. The lowest BCUT2D eigenvalue weighted by molar-refractivity contribution is -0.128. The summed E-state index contributed by atoms with van der Waals surface area (Å²) >= 11 is 6.14. The molecule has 28 heavy (non-hydrogen) atoms. The number of carbonyl (C=O) groups excluding carboxylic acids is 1. The van der Waals surface area contributed by atoms with Gasteiger partial charge in [-0.05, 0) is 30.7 Å². The van der Waals surface area contributed by atoms with Crippen molar-refractivity contribution in [2.45, 2.75) is 26.0 Å². The minimum absolute atomic E-state index is 0.0915. The van der Waals surface area contributed by atoms with Crippen LogP contribution >= 0.6 is 11.6 Å². The van der Waals surface area contributed by atoms with E-state index in [4.69, 9.17) is 25.6 Å². The van der Waals surface area contributed by atoms with Crippen molar-refractivity contribution in [2.24, 2.45) is 0 Å². The maximum Gasteiger partial charge on any atom is 0.261 e. The zero-order chi connectivity index (χ0) is 19.9. The summed E-state index contributed by atoms with van der Waals surface area (Å²) in [5, 5.41) is 7.19. The van der Waals surface area contributed by atoms with E-state index in [0.717, 1.165) is 0 Å². The molecule has 1 amide bonds. The molecule has 0 aliphatic carbocycles. The second kappa shape index (κ2) is 9.23. The third-order valence-electron chi connectivity index (χ3n) is 3.98. The first-order valence-corrected chi connectivity index (χ1v) is 9.14. The molecule has 8 heteroatoms. The van der Waals surface area contributed by atoms with Crippen LogP contribution in [-0.4, -0.2) is 29.3 Å². The Bertz CT molecular complexity index is 944. The van der Waals surface area contributed by atoms with Crippen molar-refractivity contribution in [1.29, 1.82) is 0 Å². The Morgan fingerprint density at radius 2 is 2.00 bits per heavy atom. The summed E-state index contributed by atoms with van der Waals surface area (Å²) in [7, 11) is 1.57. The number of amides is 1. The average Bonchev–Trinajstić information content (AvgIpc) is 3.19. The highest BCUT2D eigenvalue weighted by Crippen LogP contribution is 2.25. The summed E-state index contributed by atoms with van der Waals surface area (Å²) in [5.74, 6) is 1.59. The van der Waals surface area contributed by atoms with Gasteiger partial charge in [0.15, 0.2) is 6.10 Å². The molecule has 3 aromatic rings. The number of rotatable bonds is 8. The Morgan fingerprint density at radius 3 is 2.75 bits per heavy atom. The SMILES string of the molecule is CC[C@H](Oc1cccc(OC)c1)C(=O)NCc1nc(-c2ccccc2Cl)no1. The van der Waals surface area contributed by atoms with Gasteiger partial charge in [0.1, 0.15) is 11.5 Å². The summed E-state index contributed by atoms with van der Waals surface area (Å²) in [5.41, 5.74) is 0.665. The predicted molar refractivity (Wildman–Crippen MR) is 104 cm³/mol. The minimum Gasteiger partial charge on any atom is -0.497 e. The standard InChI is InChI=1S/C20H20ClN3O4/c1-3-17(27-14-8-6-7-13(11-14)26-2)20(25)22-12-18-23-19(24-28-18)15-9-4-5-10-16(15)21/h4-11,17H,3,12H2,1-2H3,(H,22,25)/t17-/m0/s1. The molecule has 7 nitrogen and oxygen atoms in total. The van der Waals surface area contributed by atoms with Crippen LogP contribution < -0.4 is 14.8 Å². The van der Waals surface area contributed by atoms with E-state index in [1.54, 1.807) is 43.5 Å². The monoisotopic (exact) mass is 401 g/mol. The second-order valence-electron chi connectivity index (χ2n) is 5.90. The highest BCUT2D eigenvalue weighted by Gasteiger charge is 2.20. The molecule has 0 bridgehead atoms. The molecule has 0 aliphatic heterocycles. The molecule has 0 saturated carbocycles. The molecular formula is C20H20ClN3O4. The van der Waals surface area contributed by atoms with Gasteiger partial charge in [-0.1, -0.05) is 41.9 Å². The molecule has 146 valence electrons. The van der Waals surface area contributed by atoms with Gasteiger partial charge >= 0.3 is 0 Å². The molecule has 0 unspecified atom stereocenters. The van der Waals surface area contributed by atoms with Gasteiger partial charge in [-0.15, -0.1) is 0 Å². The van der Waals surface area contributed by atoms with Gasteiger partial charge in [0.25, 0.3) is 5.91 Å². The van der Waals surface area contributed by atoms with Crippen LogP contribution in [0, 0.1) is 0 Å². The Labute approximate surface area is 167 Å². The van der Waals surface area contributed by atoms with Crippen LogP contribution in [0.2, 0.25) is 5.02 Å². The summed E-state index contributed by atoms with van der Waals surface area (Å²) in [4.78, 5) is 16.7. The van der Waals surface area contributed by atoms with Crippen LogP contribution in [-0.2, 0) is 11.3 Å². The summed E-state index contributed by atoms with van der Waals surface area (Å²) in [6.07, 6.45) is -0.157. The molecule has 0 fully saturated rings. The molecule has 1 N–H and O–H groups in total. The quantitative estimate of drug-likeness (QED) is 0.616. The first kappa shape index (κ1) is 19.7. The van der Waals surface area contributed by atoms with Gasteiger partial charge in [-0.25, -0.2) is 0 Å². The lowest BCUT2D eigenvalue weighted by Gasteiger charge is -2.17. The lowest BCUT2D eigenvalue weighted by atomic mass is 10.2. The average molecular weight is 402 g/mol. The van der Waals surface area contributed by atoms with E-state index in [-0.39, 0.29) is 18.3 Å². The molecular weight excluding hydrogens is 382 g/mol. The van der Waals surface area contributed by atoms with Crippen LogP contribution in [0.5, 0.6) is 11.5 Å². The number of methoxy groups -OCH3 is 1. The smallest absolute Gasteiger partial charge is 0.261 e. The molecule has 0 spiro atoms. The first-order valence-electron chi connectivity index (χ1n) is 8.76. The molecule has 3 rings (SSSR count). The highest BCUT2D eigenvalue weighted by molar-refractivity contribution is 6.33. The Balaban J connectivity index is 1.60. The van der Waals surface area contributed by atoms with Crippen molar-refractivity contribution in [1.82, 2.24) is 15.5 Å². The predicted octanol–water partition coefficient (Wildman–Crippen LogP) is 3.87. The van der Waals surface area contributed by atoms with E-state index in [1.165, 1.54) is 0 Å². The van der Waals surface area contributed by atoms with Crippen molar-refractivity contribution >= 4 is 17.5 Å². The Morgan fingerprint density at radius 1 is 1.21 bits per heavy atom. The summed E-state index contributed by atoms with van der Waals surface area (Å²) in [6, 6.07) is 14.3. The number of carbonyl (C=O) groups is 1. The zero-order valence-corrected chi connectivity index (χ0v) is 16.3. The van der Waals surface area contributed by atoms with Gasteiger partial charge < -0.3 is 19.3 Å².